The molecule has 4 fully saturated rings. The zero-order valence-corrected chi connectivity index (χ0v) is 36.8. The first-order valence-electron chi connectivity index (χ1n) is 23.7. The summed E-state index contributed by atoms with van der Waals surface area (Å²) in [6, 6.07) is 78.2. The van der Waals surface area contributed by atoms with Gasteiger partial charge in [0.1, 0.15) is 0 Å². The lowest BCUT2D eigenvalue weighted by Gasteiger charge is -2.57. The molecular weight excluding hydrogens is 803 g/mol. The summed E-state index contributed by atoms with van der Waals surface area (Å²) in [5.41, 5.74) is 11.7. The van der Waals surface area contributed by atoms with E-state index >= 15 is 0 Å². The fourth-order valence-corrected chi connectivity index (χ4v) is 12.5. The number of piperidine rings is 2. The van der Waals surface area contributed by atoms with E-state index in [1.807, 2.05) is 0 Å². The van der Waals surface area contributed by atoms with Crippen LogP contribution in [0.1, 0.15) is 54.4 Å². The summed E-state index contributed by atoms with van der Waals surface area (Å²) in [5.74, 6) is 3.60. The third-order valence-corrected chi connectivity index (χ3v) is 15.1. The minimum atomic E-state index is -0.656. The fourth-order valence-electron chi connectivity index (χ4n) is 12.5. The van der Waals surface area contributed by atoms with Crippen molar-refractivity contribution in [2.24, 2.45) is 11.8 Å². The molecule has 10 aromatic rings. The number of rotatable bonds is 9. The quantitative estimate of drug-likeness (QED) is 0.136. The highest BCUT2D eigenvalue weighted by molar-refractivity contribution is 6.09. The van der Waals surface area contributed by atoms with Gasteiger partial charge in [-0.05, 0) is 114 Å². The third kappa shape index (κ3) is 6.40. The van der Waals surface area contributed by atoms with Crippen molar-refractivity contribution < 1.29 is 0 Å². The highest BCUT2D eigenvalue weighted by Gasteiger charge is 2.47. The lowest BCUT2D eigenvalue weighted by Crippen LogP contribution is -2.58. The van der Waals surface area contributed by atoms with Crippen molar-refractivity contribution in [1.29, 1.82) is 0 Å². The largest absolute Gasteiger partial charge is 0.366 e. The molecule has 14 rings (SSSR count). The van der Waals surface area contributed by atoms with E-state index in [1.165, 1.54) is 54.5 Å². The second-order valence-corrected chi connectivity index (χ2v) is 18.8. The number of fused-ring (bicyclic) bond motifs is 3. The molecule has 0 spiro atoms. The number of hydrogen-bond acceptors (Lipinski definition) is 4. The van der Waals surface area contributed by atoms with Gasteiger partial charge in [-0.1, -0.05) is 176 Å². The van der Waals surface area contributed by atoms with Gasteiger partial charge in [0.05, 0.1) is 16.4 Å². The minimum Gasteiger partial charge on any atom is -0.366 e. The molecule has 5 nitrogen and oxygen atoms in total. The van der Waals surface area contributed by atoms with Gasteiger partial charge in [-0.25, -0.2) is 4.98 Å². The van der Waals surface area contributed by atoms with Crippen molar-refractivity contribution in [3.63, 3.8) is 0 Å². The van der Waals surface area contributed by atoms with Crippen LogP contribution in [0.3, 0.4) is 0 Å². The summed E-state index contributed by atoms with van der Waals surface area (Å²) in [7, 11) is 0. The number of anilines is 1. The predicted octanol–water partition coefficient (Wildman–Crippen LogP) is 14.1. The molecule has 5 heteroatoms. The van der Waals surface area contributed by atoms with E-state index < -0.39 is 5.41 Å². The monoisotopic (exact) mass is 851 g/mol. The van der Waals surface area contributed by atoms with Gasteiger partial charge >= 0.3 is 0 Å². The van der Waals surface area contributed by atoms with Gasteiger partial charge in [-0.3, -0.25) is 4.57 Å². The highest BCUT2D eigenvalue weighted by Crippen LogP contribution is 2.52. The third-order valence-electron chi connectivity index (χ3n) is 15.1. The van der Waals surface area contributed by atoms with Gasteiger partial charge in [-0.2, -0.15) is 9.97 Å². The van der Waals surface area contributed by atoms with Crippen molar-refractivity contribution in [1.82, 2.24) is 19.5 Å². The SMILES string of the molecule is c1ccc(-c2cccc(-c3nc(-c4cccc(C(c5ccccc5)(c5ccccc5)c5cccc(N6C7CC8CC(C7)CC6C8)c5)c4)nc(-n4c5ccccc5c5ccccc54)n3)c2)cc1. The van der Waals surface area contributed by atoms with Crippen molar-refractivity contribution in [3.05, 3.63) is 235 Å². The van der Waals surface area contributed by atoms with E-state index in [0.717, 1.165) is 61.5 Å². The van der Waals surface area contributed by atoms with Crippen molar-refractivity contribution in [2.45, 2.75) is 49.6 Å². The molecule has 66 heavy (non-hydrogen) atoms. The number of aromatic nitrogens is 4. The van der Waals surface area contributed by atoms with Gasteiger partial charge in [0.25, 0.3) is 0 Å². The average Bonchev–Trinajstić information content (AvgIpc) is 3.72. The number of para-hydroxylation sites is 2. The van der Waals surface area contributed by atoms with E-state index in [-0.39, 0.29) is 0 Å². The maximum absolute atomic E-state index is 5.45. The Balaban J connectivity index is 1.03. The summed E-state index contributed by atoms with van der Waals surface area (Å²) in [5, 5.41) is 2.32. The molecule has 2 aliphatic carbocycles. The first-order chi connectivity index (χ1) is 32.7. The summed E-state index contributed by atoms with van der Waals surface area (Å²) >= 11 is 0. The van der Waals surface area contributed by atoms with Crippen molar-refractivity contribution in [3.8, 4) is 39.9 Å². The zero-order valence-electron chi connectivity index (χ0n) is 36.8. The molecule has 4 bridgehead atoms. The van der Waals surface area contributed by atoms with E-state index in [4.69, 9.17) is 15.0 Å². The lowest BCUT2D eigenvalue weighted by molar-refractivity contribution is 0.0900. The molecule has 2 aromatic heterocycles. The Kier molecular flexibility index (Phi) is 9.30. The molecule has 318 valence electrons. The molecule has 8 aromatic carbocycles. The molecule has 2 aliphatic heterocycles. The minimum absolute atomic E-state index is 0.581. The summed E-state index contributed by atoms with van der Waals surface area (Å²) in [6.07, 6.45) is 6.72. The van der Waals surface area contributed by atoms with Gasteiger partial charge in [0, 0.05) is 39.7 Å². The maximum Gasteiger partial charge on any atom is 0.238 e. The number of benzene rings is 8. The maximum atomic E-state index is 5.45. The molecule has 0 N–H and O–H groups in total. The Bertz CT molecular complexity index is 3270. The van der Waals surface area contributed by atoms with Crippen LogP contribution in [0, 0.1) is 11.8 Å². The molecule has 4 heterocycles. The Morgan fingerprint density at radius 3 is 1.42 bits per heavy atom. The second kappa shape index (κ2) is 15.8. The Morgan fingerprint density at radius 2 is 0.818 bits per heavy atom. The number of hydrogen-bond donors (Lipinski definition) is 0. The molecule has 2 saturated carbocycles. The standard InChI is InChI=1S/C61H49N5/c1-4-17-43(18-5-1)44-19-14-20-45(38-44)58-62-59(64-60(63-58)66-56-31-12-10-29-54(56)55-30-11-13-32-57(55)66)46-21-15-26-49(39-46)61(47-22-6-2-7-23-47,48-24-8-3-9-25-48)50-27-16-28-51(40-50)65-52-34-41-33-42(36-52)37-53(65)35-41/h1-32,38-42,52-53H,33-37H2. The van der Waals surface area contributed by atoms with E-state index in [0.29, 0.717) is 29.7 Å². The van der Waals surface area contributed by atoms with Crippen LogP contribution in [0.2, 0.25) is 0 Å². The van der Waals surface area contributed by atoms with Gasteiger partial charge in [-0.15, -0.1) is 0 Å². The second-order valence-electron chi connectivity index (χ2n) is 18.8. The Morgan fingerprint density at radius 1 is 0.364 bits per heavy atom. The Labute approximate surface area is 386 Å². The number of nitrogens with zero attached hydrogens (tertiary/aromatic N) is 5. The summed E-state index contributed by atoms with van der Waals surface area (Å²) in [4.78, 5) is 19.0. The lowest BCUT2D eigenvalue weighted by atomic mass is 9.63. The van der Waals surface area contributed by atoms with Gasteiger partial charge < -0.3 is 4.90 Å². The molecule has 0 radical (unpaired) electrons. The van der Waals surface area contributed by atoms with Crippen LogP contribution in [0.4, 0.5) is 5.69 Å². The summed E-state index contributed by atoms with van der Waals surface area (Å²) < 4.78 is 2.20. The highest BCUT2D eigenvalue weighted by atomic mass is 15.2. The first-order valence-corrected chi connectivity index (χ1v) is 23.7. The van der Waals surface area contributed by atoms with Crippen molar-refractivity contribution >= 4 is 27.5 Å². The van der Waals surface area contributed by atoms with Crippen LogP contribution in [0.15, 0.2) is 212 Å². The van der Waals surface area contributed by atoms with Crippen LogP contribution >= 0.6 is 0 Å². The normalized spacial score (nSPS) is 18.9. The van der Waals surface area contributed by atoms with E-state index in [2.05, 4.69) is 222 Å². The van der Waals surface area contributed by atoms with Gasteiger partial charge in [0.15, 0.2) is 11.6 Å². The van der Waals surface area contributed by atoms with Gasteiger partial charge in [0.2, 0.25) is 5.95 Å². The zero-order chi connectivity index (χ0) is 43.6. The topological polar surface area (TPSA) is 46.8 Å². The summed E-state index contributed by atoms with van der Waals surface area (Å²) in [6.45, 7) is 0. The van der Waals surface area contributed by atoms with Crippen LogP contribution < -0.4 is 4.90 Å². The molecule has 0 amide bonds. The molecule has 0 unspecified atom stereocenters. The smallest absolute Gasteiger partial charge is 0.238 e. The molecule has 2 saturated heterocycles. The van der Waals surface area contributed by atoms with Crippen LogP contribution in [-0.4, -0.2) is 31.6 Å². The van der Waals surface area contributed by atoms with Crippen LogP contribution in [0.25, 0.3) is 61.7 Å². The van der Waals surface area contributed by atoms with E-state index in [9.17, 15) is 0 Å². The first kappa shape index (κ1) is 38.8. The van der Waals surface area contributed by atoms with E-state index in [1.54, 1.807) is 0 Å². The Hall–Kier alpha value is -7.63. The van der Waals surface area contributed by atoms with Crippen LogP contribution in [-0.2, 0) is 5.41 Å². The van der Waals surface area contributed by atoms with Crippen molar-refractivity contribution in [2.75, 3.05) is 4.90 Å². The molecule has 4 aliphatic rings. The fraction of sp³-hybridized carbons (Fsp3) is 0.164. The average molecular weight is 852 g/mol. The predicted molar refractivity (Wildman–Crippen MR) is 269 cm³/mol. The molecular formula is C61H49N5. The molecule has 0 atom stereocenters. The van der Waals surface area contributed by atoms with Crippen LogP contribution in [0.5, 0.6) is 0 Å².